The van der Waals surface area contributed by atoms with E-state index in [2.05, 4.69) is 6.92 Å². The van der Waals surface area contributed by atoms with Gasteiger partial charge in [-0.15, -0.1) is 0 Å². The summed E-state index contributed by atoms with van der Waals surface area (Å²) in [6.07, 6.45) is 4.02. The summed E-state index contributed by atoms with van der Waals surface area (Å²) in [4.78, 5) is 24.4. The maximum atomic E-state index is 16.1. The van der Waals surface area contributed by atoms with Crippen molar-refractivity contribution in [3.05, 3.63) is 0 Å². The molecule has 1 N–H and O–H groups in total. The molecule has 4 aliphatic rings. The molecule has 5 heteroatoms. The van der Waals surface area contributed by atoms with Gasteiger partial charge < -0.3 is 9.84 Å². The van der Waals surface area contributed by atoms with Gasteiger partial charge in [-0.2, -0.15) is 0 Å². The molecule has 146 valence electrons. The second kappa shape index (κ2) is 5.76. The average Bonchev–Trinajstić information content (AvgIpc) is 2.93. The van der Waals surface area contributed by atoms with Gasteiger partial charge in [0.25, 0.3) is 0 Å². The summed E-state index contributed by atoms with van der Waals surface area (Å²) in [7, 11) is 0. The summed E-state index contributed by atoms with van der Waals surface area (Å²) < 4.78 is 21.4. The second-order valence-electron chi connectivity index (χ2n) is 9.93. The van der Waals surface area contributed by atoms with Crippen LogP contribution in [-0.4, -0.2) is 34.7 Å². The van der Waals surface area contributed by atoms with Crippen LogP contribution in [0.2, 0.25) is 0 Å². The number of aliphatic hydroxyl groups excluding tert-OH is 1. The average molecular weight is 366 g/mol. The number of esters is 1. The van der Waals surface area contributed by atoms with Crippen molar-refractivity contribution in [3.63, 3.8) is 0 Å². The van der Waals surface area contributed by atoms with E-state index >= 15 is 4.39 Å². The zero-order chi connectivity index (χ0) is 18.9. The molecule has 8 atom stereocenters. The molecule has 0 heterocycles. The zero-order valence-corrected chi connectivity index (χ0v) is 16.1. The molecular formula is C21H31FO4. The summed E-state index contributed by atoms with van der Waals surface area (Å²) in [5, 5.41) is 10.4. The number of Topliss-reactive ketones (excluding diaryl/α,β-unsaturated/α-hetero) is 1. The van der Waals surface area contributed by atoms with Gasteiger partial charge in [0.1, 0.15) is 6.10 Å². The number of rotatable bonds is 1. The SMILES string of the molecule is CC(=O)OC1C[C@]2(C)[C@@H]3CC[C@]4(C)CCC[C@H]4[C@@H]3CC(=O)C2(F)CC1O. The molecule has 0 aromatic heterocycles. The maximum absolute atomic E-state index is 16.1. The third kappa shape index (κ3) is 2.35. The van der Waals surface area contributed by atoms with Gasteiger partial charge in [0, 0.05) is 25.2 Å². The molecule has 0 aromatic carbocycles. The minimum Gasteiger partial charge on any atom is -0.460 e. The number of ketones is 1. The molecule has 0 radical (unpaired) electrons. The van der Waals surface area contributed by atoms with Crippen LogP contribution in [0.15, 0.2) is 0 Å². The quantitative estimate of drug-likeness (QED) is 0.720. The van der Waals surface area contributed by atoms with Gasteiger partial charge in [0.2, 0.25) is 0 Å². The number of hydrogen-bond acceptors (Lipinski definition) is 4. The Bertz CT molecular complexity index is 636. The number of carbonyl (C=O) groups is 2. The Kier molecular flexibility index (Phi) is 4.08. The molecular weight excluding hydrogens is 335 g/mol. The van der Waals surface area contributed by atoms with Crippen molar-refractivity contribution in [2.45, 2.75) is 90.0 Å². The van der Waals surface area contributed by atoms with Crippen molar-refractivity contribution in [1.29, 1.82) is 0 Å². The first-order chi connectivity index (χ1) is 12.1. The van der Waals surface area contributed by atoms with E-state index in [-0.39, 0.29) is 35.9 Å². The van der Waals surface area contributed by atoms with E-state index in [1.807, 2.05) is 6.92 Å². The molecule has 0 spiro atoms. The summed E-state index contributed by atoms with van der Waals surface area (Å²) in [6, 6.07) is 0. The van der Waals surface area contributed by atoms with Crippen LogP contribution in [0.5, 0.6) is 0 Å². The molecule has 3 unspecified atom stereocenters. The molecule has 0 aromatic rings. The molecule has 0 saturated heterocycles. The topological polar surface area (TPSA) is 63.6 Å². The summed E-state index contributed by atoms with van der Waals surface area (Å²) in [6.45, 7) is 5.53. The first-order valence-electron chi connectivity index (χ1n) is 10.2. The number of hydrogen-bond donors (Lipinski definition) is 1. The number of fused-ring (bicyclic) bond motifs is 5. The molecule has 0 aliphatic heterocycles. The van der Waals surface area contributed by atoms with Crippen LogP contribution < -0.4 is 0 Å². The number of ether oxygens (including phenoxy) is 1. The van der Waals surface area contributed by atoms with E-state index in [4.69, 9.17) is 4.74 Å². The molecule has 4 fully saturated rings. The normalized spacial score (nSPS) is 53.4. The van der Waals surface area contributed by atoms with Crippen molar-refractivity contribution < 1.29 is 23.8 Å². The van der Waals surface area contributed by atoms with E-state index in [9.17, 15) is 14.7 Å². The second-order valence-corrected chi connectivity index (χ2v) is 9.93. The standard InChI is InChI=1S/C21H31FO4/c1-12(23)26-17-11-20(3)15-6-8-19(2)7-4-5-14(19)13(15)9-18(25)21(20,22)10-16(17)24/h13-17,24H,4-11H2,1-3H3/t13-,14-,15+,16?,17?,19-,20+,21?/m0/s1. The molecule has 4 rings (SSSR count). The van der Waals surface area contributed by atoms with Gasteiger partial charge in [0.15, 0.2) is 11.5 Å². The maximum Gasteiger partial charge on any atom is 0.302 e. The third-order valence-corrected chi connectivity index (χ3v) is 8.67. The summed E-state index contributed by atoms with van der Waals surface area (Å²) >= 11 is 0. The molecule has 0 amide bonds. The molecule has 4 nitrogen and oxygen atoms in total. The predicted octanol–water partition coefficient (Wildman–Crippen LogP) is 3.59. The van der Waals surface area contributed by atoms with E-state index in [0.29, 0.717) is 12.3 Å². The van der Waals surface area contributed by atoms with E-state index in [0.717, 1.165) is 19.3 Å². The van der Waals surface area contributed by atoms with Crippen molar-refractivity contribution in [3.8, 4) is 0 Å². The minimum atomic E-state index is -2.00. The van der Waals surface area contributed by atoms with Crippen LogP contribution in [0.25, 0.3) is 0 Å². The molecule has 26 heavy (non-hydrogen) atoms. The van der Waals surface area contributed by atoms with Gasteiger partial charge >= 0.3 is 5.97 Å². The Balaban J connectivity index is 1.71. The van der Waals surface area contributed by atoms with Crippen LogP contribution >= 0.6 is 0 Å². The Morgan fingerprint density at radius 2 is 1.92 bits per heavy atom. The fourth-order valence-corrected chi connectivity index (χ4v) is 7.31. The smallest absolute Gasteiger partial charge is 0.302 e. The fourth-order valence-electron chi connectivity index (χ4n) is 7.31. The Hall–Kier alpha value is -0.970. The van der Waals surface area contributed by atoms with E-state index in [1.54, 1.807) is 0 Å². The predicted molar refractivity (Wildman–Crippen MR) is 94.0 cm³/mol. The number of carbonyl (C=O) groups excluding carboxylic acids is 2. The fraction of sp³-hybridized carbons (Fsp3) is 0.905. The van der Waals surface area contributed by atoms with Crippen molar-refractivity contribution >= 4 is 11.8 Å². The lowest BCUT2D eigenvalue weighted by atomic mass is 9.43. The van der Waals surface area contributed by atoms with Crippen LogP contribution in [-0.2, 0) is 14.3 Å². The Morgan fingerprint density at radius 1 is 1.19 bits per heavy atom. The van der Waals surface area contributed by atoms with Crippen molar-refractivity contribution in [2.24, 2.45) is 28.6 Å². The minimum absolute atomic E-state index is 0.118. The molecule has 4 aliphatic carbocycles. The van der Waals surface area contributed by atoms with Gasteiger partial charge in [-0.25, -0.2) is 4.39 Å². The van der Waals surface area contributed by atoms with Crippen molar-refractivity contribution in [2.75, 3.05) is 0 Å². The highest BCUT2D eigenvalue weighted by atomic mass is 19.1. The number of halogens is 1. The number of aliphatic hydroxyl groups is 1. The largest absolute Gasteiger partial charge is 0.460 e. The highest BCUT2D eigenvalue weighted by Gasteiger charge is 2.69. The van der Waals surface area contributed by atoms with Gasteiger partial charge in [-0.1, -0.05) is 20.3 Å². The number of alkyl halides is 1. The van der Waals surface area contributed by atoms with Crippen LogP contribution in [0.3, 0.4) is 0 Å². The Labute approximate surface area is 154 Å². The molecule has 4 saturated carbocycles. The van der Waals surface area contributed by atoms with Crippen LogP contribution in [0, 0.1) is 28.6 Å². The summed E-state index contributed by atoms with van der Waals surface area (Å²) in [5.74, 6) is 0.0378. The van der Waals surface area contributed by atoms with Gasteiger partial charge in [0.05, 0.1) is 6.10 Å². The van der Waals surface area contributed by atoms with E-state index in [1.165, 1.54) is 19.8 Å². The Morgan fingerprint density at radius 3 is 2.62 bits per heavy atom. The lowest BCUT2D eigenvalue weighted by Gasteiger charge is -2.62. The van der Waals surface area contributed by atoms with Crippen molar-refractivity contribution in [1.82, 2.24) is 0 Å². The highest BCUT2D eigenvalue weighted by molar-refractivity contribution is 5.90. The van der Waals surface area contributed by atoms with Gasteiger partial charge in [-0.05, 0) is 55.3 Å². The van der Waals surface area contributed by atoms with Crippen LogP contribution in [0.4, 0.5) is 4.39 Å². The zero-order valence-electron chi connectivity index (χ0n) is 16.1. The lowest BCUT2D eigenvalue weighted by Crippen LogP contribution is -2.67. The highest BCUT2D eigenvalue weighted by Crippen LogP contribution is 2.67. The third-order valence-electron chi connectivity index (χ3n) is 8.67. The van der Waals surface area contributed by atoms with Gasteiger partial charge in [-0.3, -0.25) is 9.59 Å². The monoisotopic (exact) mass is 366 g/mol. The summed E-state index contributed by atoms with van der Waals surface area (Å²) in [5.41, 5.74) is -2.58. The first-order valence-corrected chi connectivity index (χ1v) is 10.2. The first kappa shape index (κ1) is 18.4. The molecule has 0 bridgehead atoms. The van der Waals surface area contributed by atoms with Crippen LogP contribution in [0.1, 0.15) is 72.1 Å². The van der Waals surface area contributed by atoms with E-state index < -0.39 is 29.3 Å². The lowest BCUT2D eigenvalue weighted by molar-refractivity contribution is -0.212.